The van der Waals surface area contributed by atoms with E-state index >= 15 is 0 Å². The van der Waals surface area contributed by atoms with Gasteiger partial charge in [-0.25, -0.2) is 0 Å². The van der Waals surface area contributed by atoms with E-state index in [0.29, 0.717) is 12.2 Å². The molecule has 3 rings (SSSR count). The van der Waals surface area contributed by atoms with Crippen LogP contribution in [0.4, 0.5) is 0 Å². The molecule has 1 aromatic carbocycles. The van der Waals surface area contributed by atoms with Crippen molar-refractivity contribution < 1.29 is 4.79 Å². The van der Waals surface area contributed by atoms with Crippen LogP contribution in [0.15, 0.2) is 24.3 Å². The summed E-state index contributed by atoms with van der Waals surface area (Å²) in [4.78, 5) is 14.5. The SMILES string of the molecule is O=C1Cc2ccccc2C1N1CCCCC1. The fraction of sp³-hybridized carbons (Fsp3) is 0.500. The molecule has 2 heteroatoms. The van der Waals surface area contributed by atoms with Crippen molar-refractivity contribution in [1.82, 2.24) is 4.90 Å². The molecule has 1 aliphatic carbocycles. The van der Waals surface area contributed by atoms with E-state index < -0.39 is 0 Å². The van der Waals surface area contributed by atoms with E-state index in [4.69, 9.17) is 0 Å². The Balaban J connectivity index is 1.92. The molecule has 1 aliphatic heterocycles. The van der Waals surface area contributed by atoms with Gasteiger partial charge in [-0.3, -0.25) is 9.69 Å². The van der Waals surface area contributed by atoms with Crippen molar-refractivity contribution in [2.45, 2.75) is 31.7 Å². The van der Waals surface area contributed by atoms with Crippen molar-refractivity contribution in [1.29, 1.82) is 0 Å². The summed E-state index contributed by atoms with van der Waals surface area (Å²) >= 11 is 0. The number of benzene rings is 1. The van der Waals surface area contributed by atoms with E-state index in [2.05, 4.69) is 17.0 Å². The van der Waals surface area contributed by atoms with Gasteiger partial charge in [0.15, 0.2) is 5.78 Å². The molecule has 2 aliphatic rings. The second-order valence-corrected chi connectivity index (χ2v) is 4.84. The maximum atomic E-state index is 12.1. The summed E-state index contributed by atoms with van der Waals surface area (Å²) in [6, 6.07) is 8.37. The lowest BCUT2D eigenvalue weighted by Gasteiger charge is -2.31. The molecule has 2 nitrogen and oxygen atoms in total. The molecule has 1 fully saturated rings. The molecule has 0 bridgehead atoms. The number of likely N-dealkylation sites (tertiary alicyclic amines) is 1. The van der Waals surface area contributed by atoms with E-state index in [0.717, 1.165) is 13.1 Å². The Morgan fingerprint density at radius 1 is 1.06 bits per heavy atom. The normalized spacial score (nSPS) is 25.8. The van der Waals surface area contributed by atoms with E-state index in [1.807, 2.05) is 12.1 Å². The number of hydrogen-bond acceptors (Lipinski definition) is 2. The second-order valence-electron chi connectivity index (χ2n) is 4.84. The Morgan fingerprint density at radius 3 is 2.62 bits per heavy atom. The van der Waals surface area contributed by atoms with Crippen LogP contribution in [0, 0.1) is 0 Å². The molecule has 0 spiro atoms. The van der Waals surface area contributed by atoms with Crippen molar-refractivity contribution >= 4 is 5.78 Å². The Bertz CT molecular complexity index is 407. The maximum absolute atomic E-state index is 12.1. The minimum absolute atomic E-state index is 0.0662. The highest BCUT2D eigenvalue weighted by Crippen LogP contribution is 2.34. The number of carbonyl (C=O) groups is 1. The molecular formula is C14H17NO. The van der Waals surface area contributed by atoms with Crippen molar-refractivity contribution in [2.75, 3.05) is 13.1 Å². The van der Waals surface area contributed by atoms with Crippen LogP contribution in [-0.2, 0) is 11.2 Å². The molecule has 1 heterocycles. The zero-order valence-corrected chi connectivity index (χ0v) is 9.48. The van der Waals surface area contributed by atoms with Gasteiger partial charge in [-0.15, -0.1) is 0 Å². The van der Waals surface area contributed by atoms with Gasteiger partial charge in [0.2, 0.25) is 0 Å². The smallest absolute Gasteiger partial charge is 0.158 e. The van der Waals surface area contributed by atoms with Gasteiger partial charge >= 0.3 is 0 Å². The van der Waals surface area contributed by atoms with E-state index in [-0.39, 0.29) is 6.04 Å². The summed E-state index contributed by atoms with van der Waals surface area (Å²) in [6.45, 7) is 2.18. The Morgan fingerprint density at radius 2 is 1.81 bits per heavy atom. The number of rotatable bonds is 1. The molecule has 0 N–H and O–H groups in total. The first kappa shape index (κ1) is 10.0. The quantitative estimate of drug-likeness (QED) is 0.716. The third kappa shape index (κ3) is 1.57. The topological polar surface area (TPSA) is 20.3 Å². The lowest BCUT2D eigenvalue weighted by Crippen LogP contribution is -2.36. The highest BCUT2D eigenvalue weighted by Gasteiger charge is 2.34. The fourth-order valence-electron chi connectivity index (χ4n) is 3.00. The second kappa shape index (κ2) is 4.02. The van der Waals surface area contributed by atoms with Gasteiger partial charge in [0, 0.05) is 6.42 Å². The Hall–Kier alpha value is -1.15. The van der Waals surface area contributed by atoms with Crippen LogP contribution in [0.25, 0.3) is 0 Å². The molecule has 84 valence electrons. The third-order valence-corrected chi connectivity index (χ3v) is 3.78. The number of hydrogen-bond donors (Lipinski definition) is 0. The minimum atomic E-state index is 0.0662. The van der Waals surface area contributed by atoms with E-state index in [9.17, 15) is 4.79 Å². The van der Waals surface area contributed by atoms with Crippen LogP contribution < -0.4 is 0 Å². The maximum Gasteiger partial charge on any atom is 0.158 e. The van der Waals surface area contributed by atoms with E-state index in [1.165, 1.54) is 30.4 Å². The van der Waals surface area contributed by atoms with Crippen molar-refractivity contribution in [3.8, 4) is 0 Å². The average molecular weight is 215 g/mol. The summed E-state index contributed by atoms with van der Waals surface area (Å²) in [6.07, 6.45) is 4.44. The van der Waals surface area contributed by atoms with Gasteiger partial charge < -0.3 is 0 Å². The lowest BCUT2D eigenvalue weighted by molar-refractivity contribution is -0.123. The van der Waals surface area contributed by atoms with Gasteiger partial charge in [-0.1, -0.05) is 30.7 Å². The number of fused-ring (bicyclic) bond motifs is 1. The van der Waals surface area contributed by atoms with E-state index in [1.54, 1.807) is 0 Å². The molecule has 1 aromatic rings. The van der Waals surface area contributed by atoms with Crippen molar-refractivity contribution in [3.05, 3.63) is 35.4 Å². The van der Waals surface area contributed by atoms with Crippen LogP contribution in [-0.4, -0.2) is 23.8 Å². The number of ketones is 1. The lowest BCUT2D eigenvalue weighted by atomic mass is 10.0. The minimum Gasteiger partial charge on any atom is -0.297 e. The molecule has 0 amide bonds. The first-order valence-corrected chi connectivity index (χ1v) is 6.21. The van der Waals surface area contributed by atoms with Gasteiger partial charge in [0.1, 0.15) is 0 Å². The van der Waals surface area contributed by atoms with Crippen LogP contribution in [0.3, 0.4) is 0 Å². The van der Waals surface area contributed by atoms with Crippen LogP contribution in [0.5, 0.6) is 0 Å². The third-order valence-electron chi connectivity index (χ3n) is 3.78. The van der Waals surface area contributed by atoms with Gasteiger partial charge in [-0.2, -0.15) is 0 Å². The number of piperidine rings is 1. The Labute approximate surface area is 96.3 Å². The molecule has 0 saturated carbocycles. The number of Topliss-reactive ketones (excluding diaryl/α,β-unsaturated/α-hetero) is 1. The highest BCUT2D eigenvalue weighted by molar-refractivity contribution is 5.92. The van der Waals surface area contributed by atoms with Crippen molar-refractivity contribution in [3.63, 3.8) is 0 Å². The monoisotopic (exact) mass is 215 g/mol. The predicted octanol–water partition coefficient (Wildman–Crippen LogP) is 2.34. The summed E-state index contributed by atoms with van der Waals surface area (Å²) in [7, 11) is 0. The zero-order chi connectivity index (χ0) is 11.0. The molecule has 1 saturated heterocycles. The summed E-state index contributed by atoms with van der Waals surface area (Å²) in [5.41, 5.74) is 2.50. The largest absolute Gasteiger partial charge is 0.297 e. The van der Waals surface area contributed by atoms with Gasteiger partial charge in [0.25, 0.3) is 0 Å². The average Bonchev–Trinajstić information content (AvgIpc) is 2.66. The molecule has 0 aromatic heterocycles. The van der Waals surface area contributed by atoms with Gasteiger partial charge in [-0.05, 0) is 37.1 Å². The summed E-state index contributed by atoms with van der Waals surface area (Å²) in [5.74, 6) is 0.392. The number of carbonyl (C=O) groups excluding carboxylic acids is 1. The predicted molar refractivity (Wildman–Crippen MR) is 63.3 cm³/mol. The summed E-state index contributed by atoms with van der Waals surface area (Å²) in [5, 5.41) is 0. The molecule has 0 radical (unpaired) electrons. The zero-order valence-electron chi connectivity index (χ0n) is 9.48. The molecule has 16 heavy (non-hydrogen) atoms. The standard InChI is InChI=1S/C14H17NO/c16-13-10-11-6-2-3-7-12(11)14(13)15-8-4-1-5-9-15/h2-3,6-7,14H,1,4-5,8-10H2. The van der Waals surface area contributed by atoms with Crippen LogP contribution in [0.2, 0.25) is 0 Å². The first-order valence-electron chi connectivity index (χ1n) is 6.21. The first-order chi connectivity index (χ1) is 7.86. The van der Waals surface area contributed by atoms with Gasteiger partial charge in [0.05, 0.1) is 6.04 Å². The molecule has 1 atom stereocenters. The number of nitrogens with zero attached hydrogens (tertiary/aromatic N) is 1. The highest BCUT2D eigenvalue weighted by atomic mass is 16.1. The van der Waals surface area contributed by atoms with Crippen LogP contribution >= 0.6 is 0 Å². The molecular weight excluding hydrogens is 198 g/mol. The van der Waals surface area contributed by atoms with Crippen molar-refractivity contribution in [2.24, 2.45) is 0 Å². The Kier molecular flexibility index (Phi) is 2.52. The van der Waals surface area contributed by atoms with Crippen LogP contribution in [0.1, 0.15) is 36.4 Å². The fourth-order valence-corrected chi connectivity index (χ4v) is 3.00. The summed E-state index contributed by atoms with van der Waals surface area (Å²) < 4.78 is 0. The molecule has 1 unspecified atom stereocenters.